The molecule has 3 heteroatoms. The summed E-state index contributed by atoms with van der Waals surface area (Å²) in [7, 11) is 1.80. The van der Waals surface area contributed by atoms with Crippen LogP contribution in [0.1, 0.15) is 34.1 Å². The van der Waals surface area contributed by atoms with Gasteiger partial charge >= 0.3 is 0 Å². The molecular weight excluding hydrogens is 152 g/mol. The largest absolute Gasteiger partial charge is 0.339 e. The lowest BCUT2D eigenvalue weighted by molar-refractivity contribution is -0.135. The van der Waals surface area contributed by atoms with Crippen LogP contribution in [0.4, 0.5) is 0 Å². The van der Waals surface area contributed by atoms with Crippen LogP contribution in [0.3, 0.4) is 0 Å². The highest BCUT2D eigenvalue weighted by atomic mass is 16.2. The number of amides is 1. The Balaban J connectivity index is 4.38. The molecule has 0 aromatic rings. The zero-order valence-electron chi connectivity index (χ0n) is 8.72. The fraction of sp³-hybridized carbons (Fsp3) is 0.889. The number of hydrogen-bond acceptors (Lipinski definition) is 2. The van der Waals surface area contributed by atoms with Crippen LogP contribution >= 0.6 is 0 Å². The molecule has 0 aliphatic heterocycles. The highest BCUT2D eigenvalue weighted by Gasteiger charge is 2.26. The van der Waals surface area contributed by atoms with Crippen molar-refractivity contribution in [2.24, 2.45) is 5.73 Å². The van der Waals surface area contributed by atoms with E-state index in [4.69, 9.17) is 5.73 Å². The Morgan fingerprint density at radius 3 is 2.25 bits per heavy atom. The van der Waals surface area contributed by atoms with Crippen molar-refractivity contribution in [3.8, 4) is 0 Å². The molecule has 1 atom stereocenters. The van der Waals surface area contributed by atoms with Crippen molar-refractivity contribution >= 4 is 5.91 Å². The summed E-state index contributed by atoms with van der Waals surface area (Å²) in [5.74, 6) is 0.00171. The average molecular weight is 172 g/mol. The topological polar surface area (TPSA) is 46.3 Å². The van der Waals surface area contributed by atoms with Crippen LogP contribution in [0.25, 0.3) is 0 Å². The van der Waals surface area contributed by atoms with Gasteiger partial charge in [-0.25, -0.2) is 0 Å². The van der Waals surface area contributed by atoms with E-state index in [2.05, 4.69) is 6.92 Å². The van der Waals surface area contributed by atoms with Crippen molar-refractivity contribution in [1.29, 1.82) is 0 Å². The standard InChI is InChI=1S/C9H20N2O/c1-6-9(3,4)11(5)8(12)7(2)10/h7H,6,10H2,1-5H3. The molecule has 2 N–H and O–H groups in total. The third-order valence-corrected chi connectivity index (χ3v) is 2.49. The molecule has 0 spiro atoms. The molecule has 0 aliphatic rings. The molecule has 0 aromatic heterocycles. The van der Waals surface area contributed by atoms with E-state index in [0.29, 0.717) is 0 Å². The molecule has 0 saturated carbocycles. The number of nitrogens with zero attached hydrogens (tertiary/aromatic N) is 1. The van der Waals surface area contributed by atoms with Crippen molar-refractivity contribution in [1.82, 2.24) is 4.90 Å². The second-order valence-corrected chi connectivity index (χ2v) is 3.85. The molecule has 12 heavy (non-hydrogen) atoms. The summed E-state index contributed by atoms with van der Waals surface area (Å²) >= 11 is 0. The van der Waals surface area contributed by atoms with E-state index in [-0.39, 0.29) is 11.4 Å². The Hall–Kier alpha value is -0.570. The van der Waals surface area contributed by atoms with Crippen LogP contribution in [-0.4, -0.2) is 29.4 Å². The molecule has 1 unspecified atom stereocenters. The van der Waals surface area contributed by atoms with Crippen LogP contribution in [0.5, 0.6) is 0 Å². The summed E-state index contributed by atoms with van der Waals surface area (Å²) in [6.07, 6.45) is 0.932. The smallest absolute Gasteiger partial charge is 0.239 e. The van der Waals surface area contributed by atoms with E-state index in [1.807, 2.05) is 13.8 Å². The van der Waals surface area contributed by atoms with Gasteiger partial charge in [-0.05, 0) is 27.2 Å². The van der Waals surface area contributed by atoms with Crippen LogP contribution < -0.4 is 5.73 Å². The number of rotatable bonds is 3. The molecule has 0 fully saturated rings. The van der Waals surface area contributed by atoms with Crippen molar-refractivity contribution in [2.45, 2.75) is 45.7 Å². The molecule has 0 heterocycles. The fourth-order valence-electron chi connectivity index (χ4n) is 0.841. The van der Waals surface area contributed by atoms with E-state index >= 15 is 0 Å². The predicted molar refractivity (Wildman–Crippen MR) is 50.8 cm³/mol. The third kappa shape index (κ3) is 2.48. The molecule has 0 radical (unpaired) electrons. The van der Waals surface area contributed by atoms with E-state index in [0.717, 1.165) is 6.42 Å². The van der Waals surface area contributed by atoms with Gasteiger partial charge in [-0.2, -0.15) is 0 Å². The van der Waals surface area contributed by atoms with Gasteiger partial charge in [0, 0.05) is 12.6 Å². The van der Waals surface area contributed by atoms with Gasteiger partial charge in [0.2, 0.25) is 5.91 Å². The summed E-state index contributed by atoms with van der Waals surface area (Å²) in [6.45, 7) is 7.84. The minimum Gasteiger partial charge on any atom is -0.339 e. The summed E-state index contributed by atoms with van der Waals surface area (Å²) < 4.78 is 0. The molecule has 0 saturated heterocycles. The quantitative estimate of drug-likeness (QED) is 0.689. The second-order valence-electron chi connectivity index (χ2n) is 3.85. The molecule has 1 amide bonds. The van der Waals surface area contributed by atoms with Gasteiger partial charge in [-0.15, -0.1) is 0 Å². The number of carbonyl (C=O) groups excluding carboxylic acids is 1. The van der Waals surface area contributed by atoms with Crippen molar-refractivity contribution < 1.29 is 4.79 Å². The number of hydrogen-bond donors (Lipinski definition) is 1. The Bertz CT molecular complexity index is 164. The van der Waals surface area contributed by atoms with Gasteiger partial charge in [-0.3, -0.25) is 4.79 Å². The van der Waals surface area contributed by atoms with Crippen LogP contribution in [0, 0.1) is 0 Å². The summed E-state index contributed by atoms with van der Waals surface area (Å²) in [5.41, 5.74) is 5.40. The first-order chi connectivity index (χ1) is 5.33. The van der Waals surface area contributed by atoms with Crippen LogP contribution in [0.2, 0.25) is 0 Å². The van der Waals surface area contributed by atoms with Crippen LogP contribution in [-0.2, 0) is 4.79 Å². The minimum atomic E-state index is -0.402. The zero-order valence-corrected chi connectivity index (χ0v) is 8.72. The van der Waals surface area contributed by atoms with E-state index in [9.17, 15) is 4.79 Å². The highest BCUT2D eigenvalue weighted by molar-refractivity contribution is 5.81. The molecule has 0 rings (SSSR count). The number of nitrogens with two attached hydrogens (primary N) is 1. The Morgan fingerprint density at radius 1 is 1.58 bits per heavy atom. The van der Waals surface area contributed by atoms with E-state index in [1.54, 1.807) is 18.9 Å². The Morgan fingerprint density at radius 2 is 2.00 bits per heavy atom. The Labute approximate surface area is 74.9 Å². The second kappa shape index (κ2) is 3.90. The Kier molecular flexibility index (Phi) is 3.71. The zero-order chi connectivity index (χ0) is 9.94. The minimum absolute atomic E-state index is 0.00171. The average Bonchev–Trinajstić information content (AvgIpc) is 2.01. The molecular formula is C9H20N2O. The van der Waals surface area contributed by atoms with Gasteiger partial charge in [0.1, 0.15) is 0 Å². The third-order valence-electron chi connectivity index (χ3n) is 2.49. The molecule has 0 aromatic carbocycles. The molecule has 3 nitrogen and oxygen atoms in total. The lowest BCUT2D eigenvalue weighted by Gasteiger charge is -2.35. The maximum absolute atomic E-state index is 11.4. The van der Waals surface area contributed by atoms with E-state index < -0.39 is 6.04 Å². The molecule has 0 bridgehead atoms. The molecule has 72 valence electrons. The molecule has 0 aliphatic carbocycles. The SMILES string of the molecule is CCC(C)(C)N(C)C(=O)C(C)N. The lowest BCUT2D eigenvalue weighted by Crippen LogP contribution is -2.50. The fourth-order valence-corrected chi connectivity index (χ4v) is 0.841. The van der Waals surface area contributed by atoms with Crippen molar-refractivity contribution in [3.05, 3.63) is 0 Å². The van der Waals surface area contributed by atoms with Crippen LogP contribution in [0.15, 0.2) is 0 Å². The highest BCUT2D eigenvalue weighted by Crippen LogP contribution is 2.16. The van der Waals surface area contributed by atoms with Crippen molar-refractivity contribution in [3.63, 3.8) is 0 Å². The number of carbonyl (C=O) groups is 1. The van der Waals surface area contributed by atoms with Gasteiger partial charge in [-0.1, -0.05) is 6.92 Å². The first kappa shape index (κ1) is 11.4. The monoisotopic (exact) mass is 172 g/mol. The lowest BCUT2D eigenvalue weighted by atomic mass is 9.99. The number of likely N-dealkylation sites (N-methyl/N-ethyl adjacent to an activating group) is 1. The maximum atomic E-state index is 11.4. The first-order valence-electron chi connectivity index (χ1n) is 4.36. The van der Waals surface area contributed by atoms with Gasteiger partial charge in [0.05, 0.1) is 6.04 Å². The first-order valence-corrected chi connectivity index (χ1v) is 4.36. The predicted octanol–water partition coefficient (Wildman–Crippen LogP) is 0.981. The maximum Gasteiger partial charge on any atom is 0.239 e. The van der Waals surface area contributed by atoms with Gasteiger partial charge in [0.25, 0.3) is 0 Å². The summed E-state index contributed by atoms with van der Waals surface area (Å²) in [5, 5.41) is 0. The van der Waals surface area contributed by atoms with Gasteiger partial charge < -0.3 is 10.6 Å². The summed E-state index contributed by atoms with van der Waals surface area (Å²) in [6, 6.07) is -0.402. The van der Waals surface area contributed by atoms with E-state index in [1.165, 1.54) is 0 Å². The normalized spacial score (nSPS) is 14.2. The van der Waals surface area contributed by atoms with Gasteiger partial charge in [0.15, 0.2) is 0 Å². The summed E-state index contributed by atoms with van der Waals surface area (Å²) in [4.78, 5) is 13.2. The van der Waals surface area contributed by atoms with Crippen molar-refractivity contribution in [2.75, 3.05) is 7.05 Å².